The SMILES string of the molecule is CNC1c2ccccc2CCC1N1CC2CCCC2C1. The van der Waals surface area contributed by atoms with E-state index in [0.29, 0.717) is 12.1 Å². The summed E-state index contributed by atoms with van der Waals surface area (Å²) >= 11 is 0. The van der Waals surface area contributed by atoms with Crippen LogP contribution in [0.25, 0.3) is 0 Å². The molecule has 4 atom stereocenters. The van der Waals surface area contributed by atoms with E-state index in [1.807, 2.05) is 0 Å². The van der Waals surface area contributed by atoms with Crippen LogP contribution in [0.4, 0.5) is 0 Å². The van der Waals surface area contributed by atoms with Crippen LogP contribution in [0.1, 0.15) is 42.9 Å². The highest BCUT2D eigenvalue weighted by Crippen LogP contribution is 2.42. The van der Waals surface area contributed by atoms with E-state index in [0.717, 1.165) is 11.8 Å². The molecule has 2 nitrogen and oxygen atoms in total. The Morgan fingerprint density at radius 3 is 2.55 bits per heavy atom. The van der Waals surface area contributed by atoms with Crippen LogP contribution in [0.2, 0.25) is 0 Å². The summed E-state index contributed by atoms with van der Waals surface area (Å²) in [6.07, 6.45) is 7.02. The average Bonchev–Trinajstić information content (AvgIpc) is 3.07. The standard InChI is InChI=1S/C18H26N2/c1-19-18-16-8-3-2-5-13(16)9-10-17(18)20-11-14-6-4-7-15(14)12-20/h2-3,5,8,14-15,17-19H,4,6-7,9-12H2,1H3. The van der Waals surface area contributed by atoms with Crippen LogP contribution in [0.3, 0.4) is 0 Å². The van der Waals surface area contributed by atoms with Crippen molar-refractivity contribution in [3.8, 4) is 0 Å². The van der Waals surface area contributed by atoms with Crippen molar-refractivity contribution in [2.45, 2.75) is 44.2 Å². The molecule has 4 unspecified atom stereocenters. The van der Waals surface area contributed by atoms with Crippen LogP contribution in [-0.2, 0) is 6.42 Å². The van der Waals surface area contributed by atoms with Crippen molar-refractivity contribution in [3.05, 3.63) is 35.4 Å². The third-order valence-electron chi connectivity index (χ3n) is 6.02. The van der Waals surface area contributed by atoms with Gasteiger partial charge in [-0.25, -0.2) is 0 Å². The fraction of sp³-hybridized carbons (Fsp3) is 0.667. The number of nitrogens with zero attached hydrogens (tertiary/aromatic N) is 1. The summed E-state index contributed by atoms with van der Waals surface area (Å²) < 4.78 is 0. The van der Waals surface area contributed by atoms with Gasteiger partial charge >= 0.3 is 0 Å². The molecular weight excluding hydrogens is 244 g/mol. The highest BCUT2D eigenvalue weighted by atomic mass is 15.2. The lowest BCUT2D eigenvalue weighted by atomic mass is 9.83. The third kappa shape index (κ3) is 2.01. The van der Waals surface area contributed by atoms with Crippen LogP contribution < -0.4 is 5.32 Å². The molecule has 1 saturated carbocycles. The quantitative estimate of drug-likeness (QED) is 0.889. The van der Waals surface area contributed by atoms with Gasteiger partial charge in [0.05, 0.1) is 0 Å². The second-order valence-corrected chi connectivity index (χ2v) is 6.98. The summed E-state index contributed by atoms with van der Waals surface area (Å²) in [6.45, 7) is 2.71. The Balaban J connectivity index is 1.57. The Morgan fingerprint density at radius 2 is 1.80 bits per heavy atom. The van der Waals surface area contributed by atoms with E-state index in [1.54, 1.807) is 11.1 Å². The van der Waals surface area contributed by atoms with Crippen LogP contribution in [0, 0.1) is 11.8 Å². The molecule has 4 rings (SSSR count). The number of likely N-dealkylation sites (N-methyl/N-ethyl adjacent to an activating group) is 1. The molecule has 3 aliphatic rings. The molecule has 1 aliphatic heterocycles. The van der Waals surface area contributed by atoms with Crippen molar-refractivity contribution in [2.75, 3.05) is 20.1 Å². The first kappa shape index (κ1) is 12.8. The summed E-state index contributed by atoms with van der Waals surface area (Å²) in [6, 6.07) is 10.3. The van der Waals surface area contributed by atoms with Gasteiger partial charge in [-0.05, 0) is 55.7 Å². The van der Waals surface area contributed by atoms with Gasteiger partial charge in [0.15, 0.2) is 0 Å². The molecule has 0 radical (unpaired) electrons. The van der Waals surface area contributed by atoms with Crippen LogP contribution >= 0.6 is 0 Å². The van der Waals surface area contributed by atoms with E-state index >= 15 is 0 Å². The number of benzene rings is 1. The fourth-order valence-corrected chi connectivity index (χ4v) is 5.03. The van der Waals surface area contributed by atoms with Crippen LogP contribution in [0.5, 0.6) is 0 Å². The highest BCUT2D eigenvalue weighted by Gasteiger charge is 2.41. The van der Waals surface area contributed by atoms with E-state index in [4.69, 9.17) is 0 Å². The van der Waals surface area contributed by atoms with E-state index < -0.39 is 0 Å². The smallest absolute Gasteiger partial charge is 0.0478 e. The van der Waals surface area contributed by atoms with Gasteiger partial charge in [0.2, 0.25) is 0 Å². The predicted octanol–water partition coefficient (Wildman–Crippen LogP) is 2.99. The molecule has 2 fully saturated rings. The molecule has 2 heteroatoms. The highest BCUT2D eigenvalue weighted by molar-refractivity contribution is 5.34. The number of aryl methyl sites for hydroxylation is 1. The summed E-state index contributed by atoms with van der Waals surface area (Å²) in [5, 5.41) is 3.61. The van der Waals surface area contributed by atoms with Gasteiger partial charge in [-0.3, -0.25) is 4.90 Å². The van der Waals surface area contributed by atoms with Gasteiger partial charge in [-0.15, -0.1) is 0 Å². The molecule has 1 N–H and O–H groups in total. The van der Waals surface area contributed by atoms with Crippen molar-refractivity contribution in [1.82, 2.24) is 10.2 Å². The zero-order valence-electron chi connectivity index (χ0n) is 12.5. The number of likely N-dealkylation sites (tertiary alicyclic amines) is 1. The van der Waals surface area contributed by atoms with E-state index in [9.17, 15) is 0 Å². The molecule has 0 aromatic heterocycles. The fourth-order valence-electron chi connectivity index (χ4n) is 5.03. The Labute approximate surface area is 122 Å². The first-order chi connectivity index (χ1) is 9.86. The Hall–Kier alpha value is -0.860. The maximum Gasteiger partial charge on any atom is 0.0478 e. The zero-order valence-corrected chi connectivity index (χ0v) is 12.5. The normalized spacial score (nSPS) is 36.9. The van der Waals surface area contributed by atoms with Gasteiger partial charge < -0.3 is 5.32 Å². The summed E-state index contributed by atoms with van der Waals surface area (Å²) in [7, 11) is 2.14. The predicted molar refractivity (Wildman–Crippen MR) is 82.8 cm³/mol. The Kier molecular flexibility index (Phi) is 3.31. The summed E-state index contributed by atoms with van der Waals surface area (Å²) in [5.41, 5.74) is 3.10. The topological polar surface area (TPSA) is 15.3 Å². The van der Waals surface area contributed by atoms with Crippen LogP contribution in [0.15, 0.2) is 24.3 Å². The molecule has 108 valence electrons. The molecule has 0 amide bonds. The number of nitrogens with one attached hydrogen (secondary N) is 1. The number of hydrogen-bond donors (Lipinski definition) is 1. The molecule has 0 spiro atoms. The Morgan fingerprint density at radius 1 is 1.05 bits per heavy atom. The number of hydrogen-bond acceptors (Lipinski definition) is 2. The molecule has 1 saturated heterocycles. The van der Waals surface area contributed by atoms with Gasteiger partial charge in [0.1, 0.15) is 0 Å². The van der Waals surface area contributed by atoms with E-state index in [1.165, 1.54) is 45.2 Å². The van der Waals surface area contributed by atoms with Crippen molar-refractivity contribution < 1.29 is 0 Å². The number of rotatable bonds is 2. The maximum absolute atomic E-state index is 3.61. The molecule has 1 aromatic carbocycles. The molecule has 1 heterocycles. The van der Waals surface area contributed by atoms with Crippen molar-refractivity contribution in [3.63, 3.8) is 0 Å². The first-order valence-corrected chi connectivity index (χ1v) is 8.36. The van der Waals surface area contributed by atoms with E-state index in [-0.39, 0.29) is 0 Å². The number of fused-ring (bicyclic) bond motifs is 2. The summed E-state index contributed by atoms with van der Waals surface area (Å²) in [5.74, 6) is 2.01. The average molecular weight is 270 g/mol. The van der Waals surface area contributed by atoms with E-state index in [2.05, 4.69) is 41.5 Å². The molecular formula is C18H26N2. The lowest BCUT2D eigenvalue weighted by molar-refractivity contribution is 0.164. The largest absolute Gasteiger partial charge is 0.312 e. The van der Waals surface area contributed by atoms with Gasteiger partial charge in [-0.2, -0.15) is 0 Å². The van der Waals surface area contributed by atoms with Gasteiger partial charge in [0.25, 0.3) is 0 Å². The summed E-state index contributed by atoms with van der Waals surface area (Å²) in [4.78, 5) is 2.81. The lowest BCUT2D eigenvalue weighted by Crippen LogP contribution is -2.45. The van der Waals surface area contributed by atoms with Crippen molar-refractivity contribution in [2.24, 2.45) is 11.8 Å². The molecule has 2 aliphatic carbocycles. The second kappa shape index (κ2) is 5.16. The third-order valence-corrected chi connectivity index (χ3v) is 6.02. The first-order valence-electron chi connectivity index (χ1n) is 8.36. The van der Waals surface area contributed by atoms with Crippen molar-refractivity contribution >= 4 is 0 Å². The second-order valence-electron chi connectivity index (χ2n) is 6.98. The monoisotopic (exact) mass is 270 g/mol. The minimum absolute atomic E-state index is 0.527. The minimum atomic E-state index is 0.527. The Bertz CT molecular complexity index is 472. The van der Waals surface area contributed by atoms with Gasteiger partial charge in [0, 0.05) is 25.2 Å². The van der Waals surface area contributed by atoms with Gasteiger partial charge in [-0.1, -0.05) is 30.7 Å². The maximum atomic E-state index is 3.61. The molecule has 1 aromatic rings. The van der Waals surface area contributed by atoms with Crippen molar-refractivity contribution in [1.29, 1.82) is 0 Å². The zero-order chi connectivity index (χ0) is 13.5. The lowest BCUT2D eigenvalue weighted by Gasteiger charge is -2.39. The molecule has 20 heavy (non-hydrogen) atoms. The minimum Gasteiger partial charge on any atom is -0.312 e. The molecule has 0 bridgehead atoms. The van der Waals surface area contributed by atoms with Crippen LogP contribution in [-0.4, -0.2) is 31.1 Å².